The third-order valence-electron chi connectivity index (χ3n) is 2.60. The van der Waals surface area contributed by atoms with E-state index in [1.54, 1.807) is 0 Å². The molecule has 0 amide bonds. The lowest BCUT2D eigenvalue weighted by Crippen LogP contribution is -2.35. The predicted octanol–water partition coefficient (Wildman–Crippen LogP) is 3.81. The second kappa shape index (κ2) is 6.16. The molecule has 1 aromatic heterocycles. The zero-order valence-electron chi connectivity index (χ0n) is 12.1. The van der Waals surface area contributed by atoms with Crippen molar-refractivity contribution in [2.45, 2.75) is 49.8 Å². The van der Waals surface area contributed by atoms with E-state index in [9.17, 15) is 0 Å². The smallest absolute Gasteiger partial charge is 0.213 e. The Hall–Kier alpha value is -1.04. The molecule has 1 aromatic carbocycles. The average molecular weight is 311 g/mol. The summed E-state index contributed by atoms with van der Waals surface area (Å²) in [4.78, 5) is 5.23. The lowest BCUT2D eigenvalue weighted by molar-refractivity contribution is 0.424. The first kappa shape index (κ1) is 15.4. The van der Waals surface area contributed by atoms with Crippen LogP contribution in [0.1, 0.15) is 32.2 Å². The number of rotatable bonds is 4. The summed E-state index contributed by atoms with van der Waals surface area (Å²) in [5, 5.41) is 11.8. The van der Waals surface area contributed by atoms with Gasteiger partial charge in [0, 0.05) is 17.0 Å². The van der Waals surface area contributed by atoms with Crippen LogP contribution in [0.2, 0.25) is 5.02 Å². The molecule has 0 saturated heterocycles. The summed E-state index contributed by atoms with van der Waals surface area (Å²) in [7, 11) is 0. The van der Waals surface area contributed by atoms with Crippen molar-refractivity contribution in [1.82, 2.24) is 20.5 Å². The van der Waals surface area contributed by atoms with Gasteiger partial charge in [0.2, 0.25) is 5.16 Å². The second-order valence-electron chi connectivity index (χ2n) is 5.67. The number of benzene rings is 1. The Balaban J connectivity index is 2.06. The molecule has 6 heteroatoms. The third-order valence-corrected chi connectivity index (χ3v) is 3.96. The maximum Gasteiger partial charge on any atom is 0.213 e. The van der Waals surface area contributed by atoms with E-state index in [1.165, 1.54) is 17.3 Å². The molecule has 2 N–H and O–H groups in total. The summed E-state index contributed by atoms with van der Waals surface area (Å²) in [5.74, 6) is 0.801. The van der Waals surface area contributed by atoms with Crippen LogP contribution in [0, 0.1) is 6.92 Å². The zero-order valence-corrected chi connectivity index (χ0v) is 13.7. The van der Waals surface area contributed by atoms with Gasteiger partial charge in [-0.2, -0.15) is 0 Å². The molecule has 0 fully saturated rings. The van der Waals surface area contributed by atoms with Gasteiger partial charge in [-0.3, -0.25) is 5.10 Å². The fourth-order valence-electron chi connectivity index (χ4n) is 1.57. The van der Waals surface area contributed by atoms with Crippen LogP contribution in [-0.4, -0.2) is 20.7 Å². The highest BCUT2D eigenvalue weighted by Gasteiger charge is 2.10. The molecule has 4 nitrogen and oxygen atoms in total. The highest BCUT2D eigenvalue weighted by atomic mass is 35.5. The number of hydrogen-bond donors (Lipinski definition) is 2. The molecule has 0 radical (unpaired) electrons. The summed E-state index contributed by atoms with van der Waals surface area (Å²) in [5.41, 5.74) is 1.26. The highest BCUT2D eigenvalue weighted by molar-refractivity contribution is 7.99. The van der Waals surface area contributed by atoms with E-state index in [-0.39, 0.29) is 5.54 Å². The first-order valence-electron chi connectivity index (χ1n) is 6.44. The number of H-pyrrole nitrogens is 1. The lowest BCUT2D eigenvalue weighted by atomic mass is 10.1. The van der Waals surface area contributed by atoms with E-state index >= 15 is 0 Å². The Morgan fingerprint density at radius 3 is 2.65 bits per heavy atom. The Morgan fingerprint density at radius 1 is 1.35 bits per heavy atom. The molecular formula is C14H19ClN4S. The number of aromatic amines is 1. The molecule has 0 aliphatic rings. The highest BCUT2D eigenvalue weighted by Crippen LogP contribution is 2.31. The molecule has 0 spiro atoms. The molecule has 0 atom stereocenters. The number of aryl methyl sites for hydroxylation is 1. The molecule has 1 heterocycles. The molecule has 20 heavy (non-hydrogen) atoms. The fourth-order valence-corrected chi connectivity index (χ4v) is 2.65. The zero-order chi connectivity index (χ0) is 14.8. The number of nitrogens with one attached hydrogen (secondary N) is 2. The quantitative estimate of drug-likeness (QED) is 0.901. The molecule has 0 aliphatic heterocycles. The van der Waals surface area contributed by atoms with Gasteiger partial charge in [-0.05, 0) is 57.2 Å². The number of nitrogens with zero attached hydrogens (tertiary/aromatic N) is 2. The summed E-state index contributed by atoms with van der Waals surface area (Å²) in [6, 6.07) is 6.08. The van der Waals surface area contributed by atoms with Gasteiger partial charge >= 0.3 is 0 Å². The van der Waals surface area contributed by atoms with Gasteiger partial charge in [-0.1, -0.05) is 17.7 Å². The van der Waals surface area contributed by atoms with Crippen LogP contribution >= 0.6 is 23.4 Å². The Labute approximate surface area is 128 Å². The van der Waals surface area contributed by atoms with Crippen LogP contribution in [0.25, 0.3) is 0 Å². The van der Waals surface area contributed by atoms with Crippen LogP contribution in [0.3, 0.4) is 0 Å². The minimum atomic E-state index is 0.0936. The number of aromatic nitrogens is 3. The maximum absolute atomic E-state index is 6.32. The van der Waals surface area contributed by atoms with Crippen molar-refractivity contribution in [3.8, 4) is 0 Å². The summed E-state index contributed by atoms with van der Waals surface area (Å²) >= 11 is 7.78. The minimum absolute atomic E-state index is 0.0936. The SMILES string of the molecule is Cc1nc(Sc2ccc(CNC(C)(C)C)cc2Cl)n[nH]1. The van der Waals surface area contributed by atoms with Gasteiger partial charge in [0.1, 0.15) is 5.82 Å². The topological polar surface area (TPSA) is 53.6 Å². The van der Waals surface area contributed by atoms with Crippen LogP contribution in [-0.2, 0) is 6.54 Å². The first-order chi connectivity index (χ1) is 9.33. The van der Waals surface area contributed by atoms with Crippen molar-refractivity contribution in [2.24, 2.45) is 0 Å². The summed E-state index contributed by atoms with van der Waals surface area (Å²) < 4.78 is 0. The van der Waals surface area contributed by atoms with E-state index in [2.05, 4.69) is 47.3 Å². The molecule has 108 valence electrons. The Bertz CT molecular complexity index is 589. The molecule has 2 rings (SSSR count). The van der Waals surface area contributed by atoms with Gasteiger partial charge < -0.3 is 5.32 Å². The van der Waals surface area contributed by atoms with Crippen LogP contribution in [0.5, 0.6) is 0 Å². The second-order valence-corrected chi connectivity index (χ2v) is 7.09. The van der Waals surface area contributed by atoms with Gasteiger partial charge in [0.25, 0.3) is 0 Å². The average Bonchev–Trinajstić information content (AvgIpc) is 2.74. The van der Waals surface area contributed by atoms with E-state index in [1.807, 2.05) is 19.1 Å². The molecule has 0 unspecified atom stereocenters. The van der Waals surface area contributed by atoms with Gasteiger partial charge in [-0.25, -0.2) is 4.98 Å². The van der Waals surface area contributed by atoms with Crippen LogP contribution in [0.15, 0.2) is 28.3 Å². The van der Waals surface area contributed by atoms with Crippen molar-refractivity contribution in [3.05, 3.63) is 34.6 Å². The summed E-state index contributed by atoms with van der Waals surface area (Å²) in [6.45, 7) is 9.10. The van der Waals surface area contributed by atoms with E-state index in [4.69, 9.17) is 11.6 Å². The van der Waals surface area contributed by atoms with Crippen LogP contribution in [0.4, 0.5) is 0 Å². The summed E-state index contributed by atoms with van der Waals surface area (Å²) in [6.07, 6.45) is 0. The van der Waals surface area contributed by atoms with Gasteiger partial charge in [-0.15, -0.1) is 5.10 Å². The van der Waals surface area contributed by atoms with Crippen molar-refractivity contribution < 1.29 is 0 Å². The normalized spacial score (nSPS) is 11.8. The molecule has 0 bridgehead atoms. The molecule has 2 aromatic rings. The van der Waals surface area contributed by atoms with Crippen LogP contribution < -0.4 is 5.32 Å². The standard InChI is InChI=1S/C14H19ClN4S/c1-9-17-13(19-18-9)20-12-6-5-10(7-11(12)15)8-16-14(2,3)4/h5-7,16H,8H2,1-4H3,(H,17,18,19). The molecular weight excluding hydrogens is 292 g/mol. The van der Waals surface area contributed by atoms with Gasteiger partial charge in [0.15, 0.2) is 0 Å². The maximum atomic E-state index is 6.32. The lowest BCUT2D eigenvalue weighted by Gasteiger charge is -2.20. The monoisotopic (exact) mass is 310 g/mol. The third kappa shape index (κ3) is 4.51. The van der Waals surface area contributed by atoms with E-state index in [0.717, 1.165) is 22.3 Å². The minimum Gasteiger partial charge on any atom is -0.308 e. The predicted molar refractivity (Wildman–Crippen MR) is 83.3 cm³/mol. The number of hydrogen-bond acceptors (Lipinski definition) is 4. The Morgan fingerprint density at radius 2 is 2.10 bits per heavy atom. The first-order valence-corrected chi connectivity index (χ1v) is 7.63. The number of halogens is 1. The van der Waals surface area contributed by atoms with Gasteiger partial charge in [0.05, 0.1) is 5.02 Å². The van der Waals surface area contributed by atoms with Crippen molar-refractivity contribution in [3.63, 3.8) is 0 Å². The van der Waals surface area contributed by atoms with E-state index < -0.39 is 0 Å². The van der Waals surface area contributed by atoms with Crippen molar-refractivity contribution in [2.75, 3.05) is 0 Å². The van der Waals surface area contributed by atoms with Crippen molar-refractivity contribution in [1.29, 1.82) is 0 Å². The molecule has 0 saturated carbocycles. The van der Waals surface area contributed by atoms with E-state index in [0.29, 0.717) is 5.16 Å². The largest absolute Gasteiger partial charge is 0.308 e. The molecule has 0 aliphatic carbocycles. The fraction of sp³-hybridized carbons (Fsp3) is 0.429. The Kier molecular flexibility index (Phi) is 4.73. The van der Waals surface area contributed by atoms with Crippen molar-refractivity contribution >= 4 is 23.4 Å².